The maximum atomic E-state index is 14.1. The Bertz CT molecular complexity index is 1120. The smallest absolute Gasteiger partial charge is 0.226 e. The van der Waals surface area contributed by atoms with E-state index in [1.807, 2.05) is 42.5 Å². The van der Waals surface area contributed by atoms with Crippen molar-refractivity contribution in [2.45, 2.75) is 18.9 Å². The van der Waals surface area contributed by atoms with E-state index in [-0.39, 0.29) is 30.7 Å². The minimum atomic E-state index is -0.656. The first-order chi connectivity index (χ1) is 17.1. The molecular weight excluding hydrogens is 452 g/mol. The van der Waals surface area contributed by atoms with Crippen molar-refractivity contribution in [2.75, 3.05) is 33.4 Å². The Labute approximate surface area is 203 Å². The van der Waals surface area contributed by atoms with Crippen molar-refractivity contribution in [2.24, 2.45) is 5.92 Å². The second-order valence-corrected chi connectivity index (χ2v) is 8.41. The fourth-order valence-corrected chi connectivity index (χ4v) is 4.37. The third-order valence-electron chi connectivity index (χ3n) is 6.14. The fourth-order valence-electron chi connectivity index (χ4n) is 4.37. The van der Waals surface area contributed by atoms with Crippen LogP contribution in [0.25, 0.3) is 0 Å². The van der Waals surface area contributed by atoms with Crippen molar-refractivity contribution >= 4 is 5.91 Å². The number of halogens is 2. The van der Waals surface area contributed by atoms with Gasteiger partial charge in [-0.2, -0.15) is 0 Å². The lowest BCUT2D eigenvalue weighted by atomic mass is 9.93. The van der Waals surface area contributed by atoms with Crippen molar-refractivity contribution in [3.63, 3.8) is 0 Å². The van der Waals surface area contributed by atoms with Crippen LogP contribution in [0.1, 0.15) is 30.1 Å². The second-order valence-electron chi connectivity index (χ2n) is 8.41. The number of piperidine rings is 1. The number of rotatable bonds is 9. The molecule has 0 bridgehead atoms. The summed E-state index contributed by atoms with van der Waals surface area (Å²) in [6.07, 6.45) is 3.14. The van der Waals surface area contributed by atoms with Crippen LogP contribution in [-0.4, -0.2) is 49.1 Å². The molecule has 4 rings (SSSR count). The van der Waals surface area contributed by atoms with E-state index in [4.69, 9.17) is 9.47 Å². The van der Waals surface area contributed by atoms with Gasteiger partial charge in [0.05, 0.1) is 25.4 Å². The Kier molecular flexibility index (Phi) is 8.26. The number of amides is 1. The molecule has 35 heavy (non-hydrogen) atoms. The van der Waals surface area contributed by atoms with Gasteiger partial charge < -0.3 is 19.7 Å². The number of ether oxygens (including phenoxy) is 2. The number of hydrogen-bond acceptors (Lipinski definition) is 5. The highest BCUT2D eigenvalue weighted by Gasteiger charge is 2.33. The van der Waals surface area contributed by atoms with Crippen molar-refractivity contribution < 1.29 is 23.0 Å². The molecule has 0 aliphatic carbocycles. The van der Waals surface area contributed by atoms with Crippen LogP contribution in [0.3, 0.4) is 0 Å². The average Bonchev–Trinajstić information content (AvgIpc) is 2.90. The monoisotopic (exact) mass is 481 g/mol. The SMILES string of the molecule is COc1cccc(C(c2ccccn2)N(CCOc2cc(F)ccc2F)C(=O)C2CCNCC2)c1. The first-order valence-electron chi connectivity index (χ1n) is 11.7. The number of carbonyl (C=O) groups excluding carboxylic acids is 1. The summed E-state index contributed by atoms with van der Waals surface area (Å²) in [5.74, 6) is -0.943. The van der Waals surface area contributed by atoms with E-state index in [1.165, 1.54) is 0 Å². The highest BCUT2D eigenvalue weighted by atomic mass is 19.1. The Morgan fingerprint density at radius 2 is 1.94 bits per heavy atom. The van der Waals surface area contributed by atoms with Crippen LogP contribution in [-0.2, 0) is 4.79 Å². The molecule has 8 heteroatoms. The van der Waals surface area contributed by atoms with Crippen LogP contribution in [0.15, 0.2) is 66.9 Å². The first kappa shape index (κ1) is 24.6. The van der Waals surface area contributed by atoms with E-state index < -0.39 is 17.7 Å². The minimum absolute atomic E-state index is 0.00954. The van der Waals surface area contributed by atoms with Gasteiger partial charge in [-0.05, 0) is 67.9 Å². The van der Waals surface area contributed by atoms with Gasteiger partial charge in [-0.15, -0.1) is 0 Å². The van der Waals surface area contributed by atoms with E-state index in [0.717, 1.165) is 49.7 Å². The lowest BCUT2D eigenvalue weighted by Crippen LogP contribution is -2.45. The molecule has 1 N–H and O–H groups in total. The summed E-state index contributed by atoms with van der Waals surface area (Å²) in [4.78, 5) is 20.1. The van der Waals surface area contributed by atoms with Gasteiger partial charge in [-0.1, -0.05) is 18.2 Å². The van der Waals surface area contributed by atoms with E-state index in [9.17, 15) is 13.6 Å². The molecule has 1 aliphatic rings. The summed E-state index contributed by atoms with van der Waals surface area (Å²) in [5, 5.41) is 3.29. The molecule has 1 fully saturated rings. The number of hydrogen-bond donors (Lipinski definition) is 1. The molecular formula is C27H29F2N3O3. The molecule has 3 aromatic rings. The fraction of sp³-hybridized carbons (Fsp3) is 0.333. The van der Waals surface area contributed by atoms with Gasteiger partial charge in [0.1, 0.15) is 18.2 Å². The number of aromatic nitrogens is 1. The number of methoxy groups -OCH3 is 1. The lowest BCUT2D eigenvalue weighted by Gasteiger charge is -2.35. The number of carbonyl (C=O) groups is 1. The van der Waals surface area contributed by atoms with Crippen molar-refractivity contribution in [3.05, 3.63) is 89.8 Å². The standard InChI is InChI=1S/C27H29F2N3O3/c1-34-22-6-4-5-20(17-22)26(24-7-2-3-12-31-24)32(27(33)19-10-13-30-14-11-19)15-16-35-25-18-21(28)8-9-23(25)29/h2-9,12,17-19,26,30H,10-11,13-16H2,1H3. The molecule has 0 radical (unpaired) electrons. The average molecular weight is 482 g/mol. The van der Waals surface area contributed by atoms with Gasteiger partial charge in [0, 0.05) is 18.2 Å². The zero-order valence-corrected chi connectivity index (χ0v) is 19.6. The Morgan fingerprint density at radius 3 is 2.69 bits per heavy atom. The zero-order valence-electron chi connectivity index (χ0n) is 19.6. The van der Waals surface area contributed by atoms with Crippen molar-refractivity contribution in [3.8, 4) is 11.5 Å². The summed E-state index contributed by atoms with van der Waals surface area (Å²) in [6.45, 7) is 1.69. The highest BCUT2D eigenvalue weighted by molar-refractivity contribution is 5.80. The van der Waals surface area contributed by atoms with E-state index in [2.05, 4.69) is 10.3 Å². The molecule has 184 valence electrons. The quantitative estimate of drug-likeness (QED) is 0.492. The van der Waals surface area contributed by atoms with Crippen LogP contribution in [0.4, 0.5) is 8.78 Å². The third kappa shape index (κ3) is 6.14. The largest absolute Gasteiger partial charge is 0.497 e. The second kappa shape index (κ2) is 11.8. The van der Waals surface area contributed by atoms with E-state index in [1.54, 1.807) is 18.2 Å². The summed E-state index contributed by atoms with van der Waals surface area (Å²) < 4.78 is 38.7. The lowest BCUT2D eigenvalue weighted by molar-refractivity contribution is -0.138. The van der Waals surface area contributed by atoms with Gasteiger partial charge in [-0.25, -0.2) is 8.78 Å². The predicted molar refractivity (Wildman–Crippen MR) is 128 cm³/mol. The van der Waals surface area contributed by atoms with Crippen molar-refractivity contribution in [1.82, 2.24) is 15.2 Å². The number of pyridine rings is 1. The molecule has 6 nitrogen and oxygen atoms in total. The van der Waals surface area contributed by atoms with Gasteiger partial charge in [-0.3, -0.25) is 9.78 Å². The Morgan fingerprint density at radius 1 is 1.11 bits per heavy atom. The van der Waals surface area contributed by atoms with Gasteiger partial charge in [0.25, 0.3) is 0 Å². The summed E-state index contributed by atoms with van der Waals surface area (Å²) in [5.41, 5.74) is 1.53. The molecule has 1 aromatic heterocycles. The molecule has 1 amide bonds. The van der Waals surface area contributed by atoms with Crippen LogP contribution < -0.4 is 14.8 Å². The Hall–Kier alpha value is -3.52. The molecule has 2 heterocycles. The number of benzene rings is 2. The third-order valence-corrected chi connectivity index (χ3v) is 6.14. The van der Waals surface area contributed by atoms with Gasteiger partial charge in [0.15, 0.2) is 11.6 Å². The van der Waals surface area contributed by atoms with E-state index in [0.29, 0.717) is 11.4 Å². The molecule has 1 saturated heterocycles. The van der Waals surface area contributed by atoms with E-state index >= 15 is 0 Å². The van der Waals surface area contributed by atoms with Gasteiger partial charge in [0.2, 0.25) is 5.91 Å². The van der Waals surface area contributed by atoms with Crippen molar-refractivity contribution in [1.29, 1.82) is 0 Å². The van der Waals surface area contributed by atoms with Crippen LogP contribution >= 0.6 is 0 Å². The van der Waals surface area contributed by atoms with Gasteiger partial charge >= 0.3 is 0 Å². The summed E-state index contributed by atoms with van der Waals surface area (Å²) >= 11 is 0. The zero-order chi connectivity index (χ0) is 24.6. The Balaban J connectivity index is 1.67. The maximum absolute atomic E-state index is 14.1. The normalized spacial score (nSPS) is 14.8. The maximum Gasteiger partial charge on any atom is 0.226 e. The van der Waals surface area contributed by atoms with Crippen LogP contribution in [0.5, 0.6) is 11.5 Å². The molecule has 2 aromatic carbocycles. The number of nitrogens with one attached hydrogen (secondary N) is 1. The summed E-state index contributed by atoms with van der Waals surface area (Å²) in [7, 11) is 1.59. The molecule has 1 aliphatic heterocycles. The van der Waals surface area contributed by atoms with Crippen LogP contribution in [0, 0.1) is 17.6 Å². The topological polar surface area (TPSA) is 63.7 Å². The van der Waals surface area contributed by atoms with Crippen LogP contribution in [0.2, 0.25) is 0 Å². The summed E-state index contributed by atoms with van der Waals surface area (Å²) in [6, 6.07) is 15.7. The highest BCUT2D eigenvalue weighted by Crippen LogP contribution is 2.32. The first-order valence-corrected chi connectivity index (χ1v) is 11.7. The molecule has 0 saturated carbocycles. The number of nitrogens with zero attached hydrogens (tertiary/aromatic N) is 2. The molecule has 1 unspecified atom stereocenters. The predicted octanol–water partition coefficient (Wildman–Crippen LogP) is 4.37. The molecule has 1 atom stereocenters. The molecule has 0 spiro atoms. The minimum Gasteiger partial charge on any atom is -0.497 e.